The van der Waals surface area contributed by atoms with Gasteiger partial charge in [0.2, 0.25) is 5.82 Å². The maximum atomic E-state index is 5.07. The number of nitrogens with one attached hydrogen (secondary N) is 1. The number of aromatic nitrogens is 3. The topological polar surface area (TPSA) is 59.9 Å². The van der Waals surface area contributed by atoms with Crippen molar-refractivity contribution < 1.29 is 4.74 Å². The van der Waals surface area contributed by atoms with Crippen LogP contribution in [0.1, 0.15) is 10.7 Å². The van der Waals surface area contributed by atoms with E-state index in [2.05, 4.69) is 24.4 Å². The number of hydrogen-bond donors (Lipinski definition) is 1. The smallest absolute Gasteiger partial charge is 0.270 e. The van der Waals surface area contributed by atoms with Gasteiger partial charge in [0.25, 0.3) is 5.88 Å². The summed E-state index contributed by atoms with van der Waals surface area (Å²) in [5.74, 6) is 3.26. The minimum atomic E-state index is 0.570. The maximum Gasteiger partial charge on any atom is 0.270 e. The van der Waals surface area contributed by atoms with Gasteiger partial charge < -0.3 is 10.1 Å². The van der Waals surface area contributed by atoms with Gasteiger partial charge in [0.1, 0.15) is 5.01 Å². The van der Waals surface area contributed by atoms with Gasteiger partial charge in [-0.1, -0.05) is 0 Å². The second-order valence-corrected chi connectivity index (χ2v) is 6.06. The standard InChI is InChI=1S/C10H14N4OS3/c1-7-5-17-8(12-7)6-16-4-3-11-9-10(15-2)14-18-13-9/h5H,3-4,6H2,1-2H3,(H,11,13). The molecule has 0 unspecified atom stereocenters. The van der Waals surface area contributed by atoms with Crippen LogP contribution in [0.25, 0.3) is 0 Å². The first-order valence-electron chi connectivity index (χ1n) is 5.38. The molecule has 2 aromatic rings. The van der Waals surface area contributed by atoms with Gasteiger partial charge in [-0.05, 0) is 6.92 Å². The molecule has 0 atom stereocenters. The summed E-state index contributed by atoms with van der Waals surface area (Å²) in [4.78, 5) is 4.42. The van der Waals surface area contributed by atoms with E-state index in [0.717, 1.165) is 41.3 Å². The van der Waals surface area contributed by atoms with Crippen LogP contribution < -0.4 is 10.1 Å². The summed E-state index contributed by atoms with van der Waals surface area (Å²) in [7, 11) is 1.60. The zero-order valence-electron chi connectivity index (χ0n) is 10.2. The molecule has 0 saturated carbocycles. The summed E-state index contributed by atoms with van der Waals surface area (Å²) in [6, 6.07) is 0. The highest BCUT2D eigenvalue weighted by Crippen LogP contribution is 2.20. The number of methoxy groups -OCH3 is 1. The molecule has 0 aliphatic heterocycles. The van der Waals surface area contributed by atoms with Crippen LogP contribution in [0.5, 0.6) is 5.88 Å². The highest BCUT2D eigenvalue weighted by atomic mass is 32.2. The Kier molecular flexibility index (Phi) is 5.21. The second-order valence-electron chi connectivity index (χ2n) is 3.48. The number of thiazole rings is 1. The van der Waals surface area contributed by atoms with Crippen molar-refractivity contribution >= 4 is 40.6 Å². The molecule has 5 nitrogen and oxygen atoms in total. The van der Waals surface area contributed by atoms with E-state index in [4.69, 9.17) is 4.74 Å². The van der Waals surface area contributed by atoms with E-state index in [1.165, 1.54) is 5.01 Å². The first-order valence-corrected chi connectivity index (χ1v) is 8.15. The lowest BCUT2D eigenvalue weighted by Crippen LogP contribution is -2.05. The predicted octanol–water partition coefficient (Wildman–Crippen LogP) is 2.66. The maximum absolute atomic E-state index is 5.07. The summed E-state index contributed by atoms with van der Waals surface area (Å²) >= 11 is 4.72. The molecule has 18 heavy (non-hydrogen) atoms. The van der Waals surface area contributed by atoms with E-state index in [1.807, 2.05) is 18.7 Å². The van der Waals surface area contributed by atoms with Crippen molar-refractivity contribution in [3.05, 3.63) is 16.1 Å². The summed E-state index contributed by atoms with van der Waals surface area (Å²) in [5.41, 5.74) is 1.10. The van der Waals surface area contributed by atoms with Gasteiger partial charge in [-0.25, -0.2) is 4.98 Å². The van der Waals surface area contributed by atoms with E-state index in [1.54, 1.807) is 18.4 Å². The summed E-state index contributed by atoms with van der Waals surface area (Å²) in [5, 5.41) is 6.48. The minimum absolute atomic E-state index is 0.570. The van der Waals surface area contributed by atoms with Crippen molar-refractivity contribution in [2.75, 3.05) is 24.7 Å². The Balaban J connectivity index is 1.64. The number of aryl methyl sites for hydroxylation is 1. The summed E-state index contributed by atoms with van der Waals surface area (Å²) < 4.78 is 13.2. The number of thioether (sulfide) groups is 1. The minimum Gasteiger partial charge on any atom is -0.478 e. The monoisotopic (exact) mass is 302 g/mol. The molecule has 2 rings (SSSR count). The highest BCUT2D eigenvalue weighted by molar-refractivity contribution is 7.98. The Morgan fingerprint density at radius 2 is 2.33 bits per heavy atom. The Morgan fingerprint density at radius 3 is 3.06 bits per heavy atom. The molecule has 0 aliphatic rings. The van der Waals surface area contributed by atoms with Gasteiger partial charge in [-0.3, -0.25) is 0 Å². The average molecular weight is 302 g/mol. The Morgan fingerprint density at radius 1 is 1.44 bits per heavy atom. The third kappa shape index (κ3) is 3.82. The van der Waals surface area contributed by atoms with Crippen LogP contribution in [-0.2, 0) is 5.75 Å². The predicted molar refractivity (Wildman–Crippen MR) is 78.0 cm³/mol. The third-order valence-corrected chi connectivity index (χ3v) is 4.71. The molecule has 0 amide bonds. The third-order valence-electron chi connectivity index (χ3n) is 2.08. The fourth-order valence-corrected chi connectivity index (χ4v) is 3.50. The van der Waals surface area contributed by atoms with Crippen molar-refractivity contribution in [3.63, 3.8) is 0 Å². The molecule has 2 aromatic heterocycles. The van der Waals surface area contributed by atoms with Crippen LogP contribution in [0.3, 0.4) is 0 Å². The number of anilines is 1. The fraction of sp³-hybridized carbons (Fsp3) is 0.500. The quantitative estimate of drug-likeness (QED) is 0.794. The highest BCUT2D eigenvalue weighted by Gasteiger charge is 2.06. The van der Waals surface area contributed by atoms with Gasteiger partial charge in [-0.2, -0.15) is 16.1 Å². The molecule has 0 bridgehead atoms. The fourth-order valence-electron chi connectivity index (χ4n) is 1.29. The zero-order valence-corrected chi connectivity index (χ0v) is 12.6. The van der Waals surface area contributed by atoms with Gasteiger partial charge in [0, 0.05) is 29.1 Å². The molecule has 8 heteroatoms. The van der Waals surface area contributed by atoms with Crippen LogP contribution in [0.2, 0.25) is 0 Å². The molecule has 0 fully saturated rings. The van der Waals surface area contributed by atoms with Crippen molar-refractivity contribution in [2.45, 2.75) is 12.7 Å². The van der Waals surface area contributed by atoms with E-state index in [-0.39, 0.29) is 0 Å². The van der Waals surface area contributed by atoms with Crippen molar-refractivity contribution in [1.82, 2.24) is 13.7 Å². The number of ether oxygens (including phenoxy) is 1. The molecular formula is C10H14N4OS3. The van der Waals surface area contributed by atoms with Crippen LogP contribution >= 0.6 is 34.8 Å². The van der Waals surface area contributed by atoms with Crippen molar-refractivity contribution in [3.8, 4) is 5.88 Å². The zero-order chi connectivity index (χ0) is 12.8. The summed E-state index contributed by atoms with van der Waals surface area (Å²) in [6.07, 6.45) is 0. The van der Waals surface area contributed by atoms with Crippen molar-refractivity contribution in [1.29, 1.82) is 0 Å². The largest absolute Gasteiger partial charge is 0.478 e. The molecule has 0 aromatic carbocycles. The van der Waals surface area contributed by atoms with Crippen molar-refractivity contribution in [2.24, 2.45) is 0 Å². The van der Waals surface area contributed by atoms with Gasteiger partial charge >= 0.3 is 0 Å². The molecule has 0 spiro atoms. The first-order chi connectivity index (χ1) is 8.79. The summed E-state index contributed by atoms with van der Waals surface area (Å²) in [6.45, 7) is 2.87. The molecule has 98 valence electrons. The molecule has 0 saturated heterocycles. The lowest BCUT2D eigenvalue weighted by molar-refractivity contribution is 0.403. The molecule has 0 aliphatic carbocycles. The number of nitrogens with zero attached hydrogens (tertiary/aromatic N) is 3. The molecule has 1 N–H and O–H groups in total. The van der Waals surface area contributed by atoms with Crippen LogP contribution in [0, 0.1) is 6.92 Å². The molecule has 2 heterocycles. The number of hydrogen-bond acceptors (Lipinski definition) is 8. The van der Waals surface area contributed by atoms with Gasteiger partial charge in [0.15, 0.2) is 0 Å². The van der Waals surface area contributed by atoms with E-state index >= 15 is 0 Å². The van der Waals surface area contributed by atoms with E-state index in [0.29, 0.717) is 5.88 Å². The number of rotatable bonds is 7. The molecule has 0 radical (unpaired) electrons. The Hall–Kier alpha value is -0.860. The van der Waals surface area contributed by atoms with Gasteiger partial charge in [0.05, 0.1) is 18.8 Å². The lowest BCUT2D eigenvalue weighted by atomic mass is 10.6. The average Bonchev–Trinajstić information content (AvgIpc) is 2.97. The van der Waals surface area contributed by atoms with Crippen LogP contribution in [0.4, 0.5) is 5.82 Å². The lowest BCUT2D eigenvalue weighted by Gasteiger charge is -2.03. The Bertz CT molecular complexity index is 485. The normalized spacial score (nSPS) is 10.6. The first kappa shape index (κ1) is 13.6. The van der Waals surface area contributed by atoms with Gasteiger partial charge in [-0.15, -0.1) is 15.7 Å². The van der Waals surface area contributed by atoms with E-state index < -0.39 is 0 Å². The Labute approximate surface area is 118 Å². The van der Waals surface area contributed by atoms with E-state index in [9.17, 15) is 0 Å². The second kappa shape index (κ2) is 6.91. The molecular weight excluding hydrogens is 288 g/mol. The SMILES string of the molecule is COc1nsnc1NCCSCc1nc(C)cs1. The van der Waals surface area contributed by atoms with Crippen LogP contribution in [-0.4, -0.2) is 33.1 Å². The van der Waals surface area contributed by atoms with Crippen LogP contribution in [0.15, 0.2) is 5.38 Å².